The van der Waals surface area contributed by atoms with Gasteiger partial charge in [-0.2, -0.15) is 0 Å². The Morgan fingerprint density at radius 3 is 2.47 bits per heavy atom. The molecular formula is C10H11N3O2. The Balaban J connectivity index is 2.14. The molecule has 0 unspecified atom stereocenters. The van der Waals surface area contributed by atoms with Crippen molar-refractivity contribution in [1.29, 1.82) is 0 Å². The molecule has 2 aromatic rings. The van der Waals surface area contributed by atoms with Gasteiger partial charge in [-0.3, -0.25) is 9.51 Å². The highest BCUT2D eigenvalue weighted by Crippen LogP contribution is 2.06. The monoisotopic (exact) mass is 205 g/mol. The van der Waals surface area contributed by atoms with Crippen LogP contribution in [0, 0.1) is 0 Å². The largest absolute Gasteiger partial charge is 0.438 e. The summed E-state index contributed by atoms with van der Waals surface area (Å²) >= 11 is 0. The van der Waals surface area contributed by atoms with Gasteiger partial charge in [0.05, 0.1) is 0 Å². The van der Waals surface area contributed by atoms with E-state index in [1.165, 1.54) is 0 Å². The van der Waals surface area contributed by atoms with E-state index in [1.807, 2.05) is 24.3 Å². The van der Waals surface area contributed by atoms with Crippen LogP contribution in [0.4, 0.5) is 0 Å². The summed E-state index contributed by atoms with van der Waals surface area (Å²) in [5, 5.41) is 3.59. The second-order valence-electron chi connectivity index (χ2n) is 3.24. The Bertz CT molecular complexity index is 484. The minimum atomic E-state index is -0.524. The van der Waals surface area contributed by atoms with Crippen molar-refractivity contribution >= 4 is 0 Å². The summed E-state index contributed by atoms with van der Waals surface area (Å²) in [6.07, 6.45) is 0.552. The first-order valence-electron chi connectivity index (χ1n) is 4.60. The molecule has 0 saturated heterocycles. The van der Waals surface area contributed by atoms with E-state index in [-0.39, 0.29) is 0 Å². The third kappa shape index (κ3) is 2.32. The zero-order valence-electron chi connectivity index (χ0n) is 8.06. The number of rotatable bonds is 3. The van der Waals surface area contributed by atoms with Crippen LogP contribution >= 0.6 is 0 Å². The normalized spacial score (nSPS) is 10.5. The maximum atomic E-state index is 10.7. The molecule has 5 heteroatoms. The van der Waals surface area contributed by atoms with Gasteiger partial charge in [-0.05, 0) is 11.1 Å². The van der Waals surface area contributed by atoms with Gasteiger partial charge in [0.2, 0.25) is 0 Å². The topological polar surface area (TPSA) is 84.9 Å². The Morgan fingerprint density at radius 2 is 1.93 bits per heavy atom. The fourth-order valence-electron chi connectivity index (χ4n) is 1.32. The molecule has 0 aliphatic rings. The number of benzene rings is 1. The zero-order valence-corrected chi connectivity index (χ0v) is 8.06. The van der Waals surface area contributed by atoms with Crippen molar-refractivity contribution in [3.8, 4) is 0 Å². The molecule has 0 aliphatic heterocycles. The van der Waals surface area contributed by atoms with E-state index in [0.717, 1.165) is 11.1 Å². The SMILES string of the molecule is NCc1ccc(Cc2noc(=O)[nH]2)cc1. The highest BCUT2D eigenvalue weighted by molar-refractivity contribution is 5.24. The standard InChI is InChI=1S/C10H11N3O2/c11-6-8-3-1-7(2-4-8)5-9-12-10(14)15-13-9/h1-4H,5-6,11H2,(H,12,13,14). The molecule has 0 aliphatic carbocycles. The summed E-state index contributed by atoms with van der Waals surface area (Å²) in [5.41, 5.74) is 7.61. The van der Waals surface area contributed by atoms with Crippen LogP contribution < -0.4 is 11.5 Å². The number of hydrogen-bond acceptors (Lipinski definition) is 4. The maximum absolute atomic E-state index is 10.7. The van der Waals surface area contributed by atoms with Crippen molar-refractivity contribution in [3.05, 3.63) is 51.8 Å². The molecule has 5 nitrogen and oxygen atoms in total. The van der Waals surface area contributed by atoms with Crippen LogP contribution in [0.15, 0.2) is 33.6 Å². The Hall–Kier alpha value is -1.88. The summed E-state index contributed by atoms with van der Waals surface area (Å²) in [5.74, 6) is 0.00377. The van der Waals surface area contributed by atoms with Crippen molar-refractivity contribution in [2.45, 2.75) is 13.0 Å². The first kappa shape index (κ1) is 9.67. The Morgan fingerprint density at radius 1 is 1.27 bits per heavy atom. The molecule has 2 rings (SSSR count). The van der Waals surface area contributed by atoms with E-state index in [2.05, 4.69) is 14.7 Å². The average Bonchev–Trinajstić information content (AvgIpc) is 2.65. The predicted octanol–water partition coefficient (Wildman–Crippen LogP) is 0.412. The number of aromatic nitrogens is 2. The quantitative estimate of drug-likeness (QED) is 0.760. The van der Waals surface area contributed by atoms with E-state index >= 15 is 0 Å². The maximum Gasteiger partial charge on any atom is 0.438 e. The highest BCUT2D eigenvalue weighted by Gasteiger charge is 2.01. The number of nitrogens with two attached hydrogens (primary N) is 1. The Kier molecular flexibility index (Phi) is 2.64. The molecule has 1 aromatic heterocycles. The second kappa shape index (κ2) is 4.10. The summed E-state index contributed by atoms with van der Waals surface area (Å²) in [4.78, 5) is 13.2. The molecular weight excluding hydrogens is 194 g/mol. The van der Waals surface area contributed by atoms with Crippen LogP contribution in [0.1, 0.15) is 17.0 Å². The summed E-state index contributed by atoms with van der Waals surface area (Å²) < 4.78 is 4.40. The molecule has 0 atom stereocenters. The zero-order chi connectivity index (χ0) is 10.7. The van der Waals surface area contributed by atoms with Crippen molar-refractivity contribution < 1.29 is 4.52 Å². The van der Waals surface area contributed by atoms with Gasteiger partial charge in [-0.1, -0.05) is 29.4 Å². The molecule has 1 heterocycles. The molecule has 0 saturated carbocycles. The van der Waals surface area contributed by atoms with Crippen LogP contribution in [0.5, 0.6) is 0 Å². The fourth-order valence-corrected chi connectivity index (χ4v) is 1.32. The summed E-state index contributed by atoms with van der Waals surface area (Å²) in [7, 11) is 0. The van der Waals surface area contributed by atoms with Gasteiger partial charge >= 0.3 is 5.76 Å². The van der Waals surface area contributed by atoms with Crippen molar-refractivity contribution in [2.24, 2.45) is 5.73 Å². The minimum absolute atomic E-state index is 0.524. The highest BCUT2D eigenvalue weighted by atomic mass is 16.5. The summed E-state index contributed by atoms with van der Waals surface area (Å²) in [6.45, 7) is 0.529. The smallest absolute Gasteiger partial charge is 0.326 e. The van der Waals surface area contributed by atoms with E-state index in [0.29, 0.717) is 18.8 Å². The van der Waals surface area contributed by atoms with Crippen LogP contribution in [-0.4, -0.2) is 10.1 Å². The number of aromatic amines is 1. The van der Waals surface area contributed by atoms with Crippen LogP contribution in [-0.2, 0) is 13.0 Å². The number of hydrogen-bond donors (Lipinski definition) is 2. The van der Waals surface area contributed by atoms with E-state index in [4.69, 9.17) is 5.73 Å². The van der Waals surface area contributed by atoms with Gasteiger partial charge in [0, 0.05) is 13.0 Å². The third-order valence-corrected chi connectivity index (χ3v) is 2.12. The van der Waals surface area contributed by atoms with Crippen LogP contribution in [0.25, 0.3) is 0 Å². The van der Waals surface area contributed by atoms with Gasteiger partial charge in [0.1, 0.15) is 0 Å². The lowest BCUT2D eigenvalue weighted by Crippen LogP contribution is -1.99. The van der Waals surface area contributed by atoms with Gasteiger partial charge in [-0.25, -0.2) is 4.79 Å². The van der Waals surface area contributed by atoms with Crippen molar-refractivity contribution in [3.63, 3.8) is 0 Å². The van der Waals surface area contributed by atoms with Crippen molar-refractivity contribution in [2.75, 3.05) is 0 Å². The number of H-pyrrole nitrogens is 1. The molecule has 0 radical (unpaired) electrons. The van der Waals surface area contributed by atoms with E-state index in [1.54, 1.807) is 0 Å². The lowest BCUT2D eigenvalue weighted by Gasteiger charge is -1.99. The molecule has 0 spiro atoms. The lowest BCUT2D eigenvalue weighted by molar-refractivity contribution is 0.382. The number of nitrogens with zero attached hydrogens (tertiary/aromatic N) is 1. The first-order valence-corrected chi connectivity index (χ1v) is 4.60. The summed E-state index contributed by atoms with van der Waals surface area (Å²) in [6, 6.07) is 7.81. The minimum Gasteiger partial charge on any atom is -0.326 e. The molecule has 3 N–H and O–H groups in total. The van der Waals surface area contributed by atoms with E-state index < -0.39 is 5.76 Å². The van der Waals surface area contributed by atoms with Crippen molar-refractivity contribution in [1.82, 2.24) is 10.1 Å². The first-order chi connectivity index (χ1) is 7.28. The van der Waals surface area contributed by atoms with Gasteiger partial charge < -0.3 is 5.73 Å². The molecule has 0 amide bonds. The third-order valence-electron chi connectivity index (χ3n) is 2.12. The second-order valence-corrected chi connectivity index (χ2v) is 3.24. The molecule has 0 bridgehead atoms. The van der Waals surface area contributed by atoms with E-state index in [9.17, 15) is 4.79 Å². The van der Waals surface area contributed by atoms with Crippen LogP contribution in [0.3, 0.4) is 0 Å². The molecule has 78 valence electrons. The van der Waals surface area contributed by atoms with Gasteiger partial charge in [-0.15, -0.1) is 0 Å². The molecule has 0 fully saturated rings. The predicted molar refractivity (Wildman–Crippen MR) is 54.3 cm³/mol. The molecule has 1 aromatic carbocycles. The average molecular weight is 205 g/mol. The van der Waals surface area contributed by atoms with Gasteiger partial charge in [0.15, 0.2) is 5.82 Å². The fraction of sp³-hybridized carbons (Fsp3) is 0.200. The van der Waals surface area contributed by atoms with Gasteiger partial charge in [0.25, 0.3) is 0 Å². The lowest BCUT2D eigenvalue weighted by atomic mass is 10.1. The van der Waals surface area contributed by atoms with Crippen LogP contribution in [0.2, 0.25) is 0 Å². The Labute approximate surface area is 85.9 Å². The number of nitrogens with one attached hydrogen (secondary N) is 1. The molecule has 15 heavy (non-hydrogen) atoms.